The van der Waals surface area contributed by atoms with Crippen LogP contribution >= 0.6 is 11.6 Å². The van der Waals surface area contributed by atoms with Crippen molar-refractivity contribution in [3.05, 3.63) is 35.7 Å². The maximum atomic E-state index is 5.74. The smallest absolute Gasteiger partial charge is 0.223 e. The topological polar surface area (TPSA) is 41.6 Å². The number of nitrogens with zero attached hydrogens (tertiary/aromatic N) is 2. The lowest BCUT2D eigenvalue weighted by Gasteiger charge is -1.89. The summed E-state index contributed by atoms with van der Waals surface area (Å²) in [5.74, 6) is 0. The Balaban J connectivity index is 2.58. The fourth-order valence-electron chi connectivity index (χ4n) is 1.60. The molecule has 0 fully saturated rings. The molecule has 0 saturated heterocycles. The second-order valence-corrected chi connectivity index (χ2v) is 3.41. The summed E-state index contributed by atoms with van der Waals surface area (Å²) in [5.41, 5.74) is 2.84. The van der Waals surface area contributed by atoms with E-state index in [9.17, 15) is 0 Å². The Morgan fingerprint density at radius 2 is 2.00 bits per heavy atom. The molecule has 0 saturated carbocycles. The average molecular weight is 204 g/mol. The van der Waals surface area contributed by atoms with Crippen LogP contribution in [0.2, 0.25) is 5.28 Å². The van der Waals surface area contributed by atoms with Crippen LogP contribution in [0.15, 0.2) is 30.5 Å². The first-order valence-corrected chi connectivity index (χ1v) is 4.61. The van der Waals surface area contributed by atoms with Crippen molar-refractivity contribution in [2.24, 2.45) is 0 Å². The second-order valence-electron chi connectivity index (χ2n) is 3.07. The summed E-state index contributed by atoms with van der Waals surface area (Å²) >= 11 is 5.74. The fourth-order valence-corrected chi connectivity index (χ4v) is 1.73. The highest BCUT2D eigenvalue weighted by Crippen LogP contribution is 2.23. The number of benzene rings is 1. The molecule has 3 aromatic rings. The maximum absolute atomic E-state index is 5.74. The summed E-state index contributed by atoms with van der Waals surface area (Å²) in [6.45, 7) is 0. The lowest BCUT2D eigenvalue weighted by atomic mass is 10.2. The number of hydrogen-bond acceptors (Lipinski definition) is 2. The summed E-state index contributed by atoms with van der Waals surface area (Å²) in [7, 11) is 0. The van der Waals surface area contributed by atoms with Crippen LogP contribution in [0.5, 0.6) is 0 Å². The predicted octanol–water partition coefficient (Wildman–Crippen LogP) is 2.76. The van der Waals surface area contributed by atoms with Crippen LogP contribution in [-0.2, 0) is 0 Å². The molecule has 0 radical (unpaired) electrons. The number of aromatic amines is 1. The van der Waals surface area contributed by atoms with Gasteiger partial charge in [-0.05, 0) is 17.7 Å². The number of hydrogen-bond donors (Lipinski definition) is 1. The fraction of sp³-hybridized carbons (Fsp3) is 0. The van der Waals surface area contributed by atoms with Gasteiger partial charge in [0, 0.05) is 10.9 Å². The summed E-state index contributed by atoms with van der Waals surface area (Å²) in [5, 5.41) is 1.36. The Labute approximate surface area is 84.7 Å². The van der Waals surface area contributed by atoms with Crippen LogP contribution in [-0.4, -0.2) is 15.0 Å². The van der Waals surface area contributed by atoms with Crippen LogP contribution in [0.1, 0.15) is 0 Å². The highest BCUT2D eigenvalue weighted by atomic mass is 35.5. The Kier molecular flexibility index (Phi) is 1.49. The van der Waals surface area contributed by atoms with Crippen molar-refractivity contribution in [2.45, 2.75) is 0 Å². The van der Waals surface area contributed by atoms with Crippen molar-refractivity contribution in [1.29, 1.82) is 0 Å². The van der Waals surface area contributed by atoms with Gasteiger partial charge in [-0.1, -0.05) is 18.2 Å². The zero-order valence-electron chi connectivity index (χ0n) is 7.16. The molecule has 0 aliphatic carbocycles. The van der Waals surface area contributed by atoms with Gasteiger partial charge in [0.05, 0.1) is 11.7 Å². The summed E-state index contributed by atoms with van der Waals surface area (Å²) < 4.78 is 0. The molecule has 0 bridgehead atoms. The Bertz CT molecular complexity index is 615. The number of rotatable bonds is 0. The molecular weight excluding hydrogens is 198 g/mol. The minimum Gasteiger partial charge on any atom is -0.352 e. The Morgan fingerprint density at radius 1 is 1.14 bits per heavy atom. The molecule has 1 N–H and O–H groups in total. The Hall–Kier alpha value is -1.61. The van der Waals surface area contributed by atoms with Gasteiger partial charge >= 0.3 is 0 Å². The first kappa shape index (κ1) is 7.76. The van der Waals surface area contributed by atoms with Gasteiger partial charge in [0.15, 0.2) is 0 Å². The zero-order chi connectivity index (χ0) is 9.54. The molecule has 1 aromatic carbocycles. The van der Waals surface area contributed by atoms with E-state index in [0.29, 0.717) is 0 Å². The molecule has 0 unspecified atom stereocenters. The van der Waals surface area contributed by atoms with Crippen LogP contribution in [0.3, 0.4) is 0 Å². The van der Waals surface area contributed by atoms with E-state index in [0.717, 1.165) is 21.9 Å². The van der Waals surface area contributed by atoms with Gasteiger partial charge < -0.3 is 4.98 Å². The lowest BCUT2D eigenvalue weighted by Crippen LogP contribution is -1.80. The number of aromatic nitrogens is 3. The van der Waals surface area contributed by atoms with Crippen LogP contribution < -0.4 is 0 Å². The van der Waals surface area contributed by atoms with Gasteiger partial charge in [-0.3, -0.25) is 0 Å². The van der Waals surface area contributed by atoms with Gasteiger partial charge in [-0.25, -0.2) is 9.97 Å². The van der Waals surface area contributed by atoms with E-state index < -0.39 is 0 Å². The average Bonchev–Trinajstić information content (AvgIpc) is 2.56. The molecule has 4 heteroatoms. The first-order valence-electron chi connectivity index (χ1n) is 4.23. The summed E-state index contributed by atoms with van der Waals surface area (Å²) in [4.78, 5) is 11.3. The van der Waals surface area contributed by atoms with Gasteiger partial charge in [0.2, 0.25) is 5.28 Å². The molecule has 14 heavy (non-hydrogen) atoms. The zero-order valence-corrected chi connectivity index (χ0v) is 7.92. The summed E-state index contributed by atoms with van der Waals surface area (Å²) in [6.07, 6.45) is 1.70. The van der Waals surface area contributed by atoms with E-state index in [4.69, 9.17) is 11.6 Å². The molecule has 0 aliphatic rings. The SMILES string of the molecule is Clc1ncc2[nH]c3ccccc3c2n1. The van der Waals surface area contributed by atoms with Crippen LogP contribution in [0.25, 0.3) is 21.9 Å². The highest BCUT2D eigenvalue weighted by molar-refractivity contribution is 6.28. The van der Waals surface area contributed by atoms with E-state index in [1.807, 2.05) is 24.3 Å². The molecular formula is C10H6ClN3. The van der Waals surface area contributed by atoms with E-state index >= 15 is 0 Å². The third-order valence-corrected chi connectivity index (χ3v) is 2.39. The van der Waals surface area contributed by atoms with Crippen molar-refractivity contribution in [3.63, 3.8) is 0 Å². The minimum absolute atomic E-state index is 0.280. The summed E-state index contributed by atoms with van der Waals surface area (Å²) in [6, 6.07) is 7.97. The predicted molar refractivity (Wildman–Crippen MR) is 56.4 cm³/mol. The molecule has 0 amide bonds. The maximum Gasteiger partial charge on any atom is 0.223 e. The lowest BCUT2D eigenvalue weighted by molar-refractivity contribution is 1.22. The van der Waals surface area contributed by atoms with Crippen molar-refractivity contribution < 1.29 is 0 Å². The van der Waals surface area contributed by atoms with Gasteiger partial charge in [-0.2, -0.15) is 0 Å². The third-order valence-electron chi connectivity index (χ3n) is 2.21. The normalized spacial score (nSPS) is 11.2. The van der Waals surface area contributed by atoms with Crippen molar-refractivity contribution >= 4 is 33.5 Å². The molecule has 3 rings (SSSR count). The van der Waals surface area contributed by atoms with Crippen molar-refractivity contribution in [3.8, 4) is 0 Å². The molecule has 0 aliphatic heterocycles. The van der Waals surface area contributed by atoms with E-state index in [-0.39, 0.29) is 5.28 Å². The number of halogens is 1. The van der Waals surface area contributed by atoms with Crippen molar-refractivity contribution in [2.75, 3.05) is 0 Å². The quantitative estimate of drug-likeness (QED) is 0.571. The number of nitrogens with one attached hydrogen (secondary N) is 1. The monoisotopic (exact) mass is 203 g/mol. The molecule has 0 atom stereocenters. The molecule has 2 heterocycles. The number of para-hydroxylation sites is 1. The van der Waals surface area contributed by atoms with Crippen LogP contribution in [0.4, 0.5) is 0 Å². The van der Waals surface area contributed by atoms with Gasteiger partial charge in [0.25, 0.3) is 0 Å². The molecule has 0 spiro atoms. The minimum atomic E-state index is 0.280. The Morgan fingerprint density at radius 3 is 2.93 bits per heavy atom. The van der Waals surface area contributed by atoms with Gasteiger partial charge in [-0.15, -0.1) is 0 Å². The number of fused-ring (bicyclic) bond motifs is 3. The number of H-pyrrole nitrogens is 1. The molecule has 3 nitrogen and oxygen atoms in total. The van der Waals surface area contributed by atoms with Crippen LogP contribution in [0, 0.1) is 0 Å². The molecule has 2 aromatic heterocycles. The van der Waals surface area contributed by atoms with E-state index in [1.54, 1.807) is 6.20 Å². The van der Waals surface area contributed by atoms with Crippen molar-refractivity contribution in [1.82, 2.24) is 15.0 Å². The first-order chi connectivity index (χ1) is 6.84. The van der Waals surface area contributed by atoms with E-state index in [1.165, 1.54) is 0 Å². The van der Waals surface area contributed by atoms with E-state index in [2.05, 4.69) is 15.0 Å². The molecule has 68 valence electrons. The van der Waals surface area contributed by atoms with Gasteiger partial charge in [0.1, 0.15) is 5.52 Å². The second kappa shape index (κ2) is 2.69. The highest BCUT2D eigenvalue weighted by Gasteiger charge is 2.05. The standard InChI is InChI=1S/C10H6ClN3/c11-10-12-5-8-9(14-10)6-3-1-2-4-7(6)13-8/h1-5,13H. The third kappa shape index (κ3) is 0.992. The largest absolute Gasteiger partial charge is 0.352 e.